The van der Waals surface area contributed by atoms with Gasteiger partial charge in [-0.25, -0.2) is 4.39 Å². The first-order valence-corrected chi connectivity index (χ1v) is 5.60. The van der Waals surface area contributed by atoms with Crippen molar-refractivity contribution >= 4 is 0 Å². The summed E-state index contributed by atoms with van der Waals surface area (Å²) < 4.78 is 13.1. The lowest BCUT2D eigenvalue weighted by molar-refractivity contribution is 0.461. The Balaban J connectivity index is 2.72. The van der Waals surface area contributed by atoms with Gasteiger partial charge in [-0.3, -0.25) is 0 Å². The fourth-order valence-electron chi connectivity index (χ4n) is 1.67. The number of hydrogen-bond donors (Lipinski definition) is 1. The second-order valence-electron chi connectivity index (χ2n) is 3.88. The number of hydrogen-bond acceptors (Lipinski definition) is 2. The smallest absolute Gasteiger partial charge is 0.136 e. The van der Waals surface area contributed by atoms with Crippen LogP contribution in [0.2, 0.25) is 0 Å². The third-order valence-electron chi connectivity index (χ3n) is 2.57. The molecule has 0 heterocycles. The van der Waals surface area contributed by atoms with E-state index in [0.717, 1.165) is 31.7 Å². The summed E-state index contributed by atoms with van der Waals surface area (Å²) in [6, 6.07) is 4.16. The summed E-state index contributed by atoms with van der Waals surface area (Å²) >= 11 is 0. The molecule has 86 valence electrons. The number of aromatic hydroxyl groups is 1. The normalized spacial score (nSPS) is 10.1. The highest BCUT2D eigenvalue weighted by Crippen LogP contribution is 2.25. The van der Waals surface area contributed by atoms with E-state index in [4.69, 9.17) is 5.26 Å². The van der Waals surface area contributed by atoms with Gasteiger partial charge in [0, 0.05) is 0 Å². The molecule has 0 saturated heterocycles. The van der Waals surface area contributed by atoms with Crippen molar-refractivity contribution in [3.05, 3.63) is 29.1 Å². The first-order chi connectivity index (χ1) is 7.69. The number of benzene rings is 1. The van der Waals surface area contributed by atoms with Crippen molar-refractivity contribution in [1.29, 1.82) is 5.26 Å². The van der Waals surface area contributed by atoms with Gasteiger partial charge in [0.1, 0.15) is 17.6 Å². The number of phenolic OH excluding ortho intramolecular Hbond substituents is 1. The fourth-order valence-corrected chi connectivity index (χ4v) is 1.67. The Labute approximate surface area is 95.3 Å². The molecule has 0 unspecified atom stereocenters. The van der Waals surface area contributed by atoms with Crippen molar-refractivity contribution in [2.75, 3.05) is 0 Å². The zero-order valence-corrected chi connectivity index (χ0v) is 9.46. The average Bonchev–Trinajstić information content (AvgIpc) is 2.28. The third-order valence-corrected chi connectivity index (χ3v) is 2.57. The van der Waals surface area contributed by atoms with E-state index < -0.39 is 5.82 Å². The topological polar surface area (TPSA) is 44.0 Å². The van der Waals surface area contributed by atoms with Gasteiger partial charge in [0.2, 0.25) is 0 Å². The molecule has 0 aliphatic carbocycles. The summed E-state index contributed by atoms with van der Waals surface area (Å²) in [4.78, 5) is 0. The Kier molecular flexibility index (Phi) is 4.78. The molecule has 1 N–H and O–H groups in total. The monoisotopic (exact) mass is 221 g/mol. The summed E-state index contributed by atoms with van der Waals surface area (Å²) in [5.74, 6) is -0.528. The molecule has 0 atom stereocenters. The van der Waals surface area contributed by atoms with Crippen molar-refractivity contribution < 1.29 is 9.50 Å². The lowest BCUT2D eigenvalue weighted by Gasteiger charge is -2.06. The van der Waals surface area contributed by atoms with E-state index in [1.54, 1.807) is 6.07 Å². The van der Waals surface area contributed by atoms with Gasteiger partial charge in [0.25, 0.3) is 0 Å². The van der Waals surface area contributed by atoms with Crippen LogP contribution >= 0.6 is 0 Å². The van der Waals surface area contributed by atoms with Crippen molar-refractivity contribution in [2.24, 2.45) is 0 Å². The van der Waals surface area contributed by atoms with Crippen LogP contribution in [-0.2, 0) is 6.42 Å². The predicted molar refractivity (Wildman–Crippen MR) is 60.6 cm³/mol. The average molecular weight is 221 g/mol. The van der Waals surface area contributed by atoms with Crippen LogP contribution in [0.5, 0.6) is 5.75 Å². The minimum atomic E-state index is -0.458. The number of rotatable bonds is 5. The number of nitrogens with zero attached hydrogens (tertiary/aromatic N) is 1. The van der Waals surface area contributed by atoms with E-state index >= 15 is 0 Å². The van der Waals surface area contributed by atoms with E-state index in [1.807, 2.05) is 0 Å². The Morgan fingerprint density at radius 1 is 1.31 bits per heavy atom. The molecule has 0 fully saturated rings. The maximum absolute atomic E-state index is 13.1. The van der Waals surface area contributed by atoms with Gasteiger partial charge >= 0.3 is 0 Å². The zero-order valence-electron chi connectivity index (χ0n) is 9.46. The molecule has 1 rings (SSSR count). The molecule has 0 aliphatic heterocycles. The molecule has 1 aromatic rings. The summed E-state index contributed by atoms with van der Waals surface area (Å²) in [7, 11) is 0. The Morgan fingerprint density at radius 3 is 2.69 bits per heavy atom. The van der Waals surface area contributed by atoms with Crippen LogP contribution in [0.4, 0.5) is 4.39 Å². The van der Waals surface area contributed by atoms with Crippen LogP contribution < -0.4 is 0 Å². The second kappa shape index (κ2) is 6.12. The van der Waals surface area contributed by atoms with Crippen LogP contribution in [0.25, 0.3) is 0 Å². The van der Waals surface area contributed by atoms with Crippen LogP contribution in [0.1, 0.15) is 43.7 Å². The highest BCUT2D eigenvalue weighted by Gasteiger charge is 2.09. The van der Waals surface area contributed by atoms with Gasteiger partial charge in [0.05, 0.1) is 5.56 Å². The van der Waals surface area contributed by atoms with E-state index in [2.05, 4.69) is 6.92 Å². The number of phenols is 1. The number of aryl methyl sites for hydroxylation is 1. The summed E-state index contributed by atoms with van der Waals surface area (Å²) in [5, 5.41) is 18.4. The minimum Gasteiger partial charge on any atom is -0.506 e. The second-order valence-corrected chi connectivity index (χ2v) is 3.88. The van der Waals surface area contributed by atoms with E-state index in [9.17, 15) is 9.50 Å². The molecule has 0 amide bonds. The molecular weight excluding hydrogens is 205 g/mol. The molecule has 0 aromatic heterocycles. The largest absolute Gasteiger partial charge is 0.506 e. The summed E-state index contributed by atoms with van der Waals surface area (Å²) in [6.07, 6.45) is 4.88. The number of nitriles is 1. The van der Waals surface area contributed by atoms with Crippen LogP contribution in [-0.4, -0.2) is 5.11 Å². The summed E-state index contributed by atoms with van der Waals surface area (Å²) in [5.41, 5.74) is 0.554. The molecule has 0 aliphatic rings. The quantitative estimate of drug-likeness (QED) is 0.773. The van der Waals surface area contributed by atoms with Crippen molar-refractivity contribution in [3.8, 4) is 11.8 Å². The van der Waals surface area contributed by atoms with Crippen LogP contribution in [0.15, 0.2) is 12.1 Å². The standard InChI is InChI=1S/C13H16FNO/c1-2-3-4-5-6-10-7-12(14)8-11(9-15)13(10)16/h7-8,16H,2-6H2,1H3. The van der Waals surface area contributed by atoms with Gasteiger partial charge in [-0.2, -0.15) is 5.26 Å². The van der Waals surface area contributed by atoms with Gasteiger partial charge in [0.15, 0.2) is 0 Å². The molecular formula is C13H16FNO. The van der Waals surface area contributed by atoms with Crippen LogP contribution in [0.3, 0.4) is 0 Å². The van der Waals surface area contributed by atoms with Gasteiger partial charge in [-0.1, -0.05) is 26.2 Å². The van der Waals surface area contributed by atoms with E-state index in [-0.39, 0.29) is 11.3 Å². The van der Waals surface area contributed by atoms with Crippen molar-refractivity contribution in [2.45, 2.75) is 39.0 Å². The molecule has 0 bridgehead atoms. The van der Waals surface area contributed by atoms with Crippen molar-refractivity contribution in [3.63, 3.8) is 0 Å². The number of unbranched alkanes of at least 4 members (excludes halogenated alkanes) is 3. The highest BCUT2D eigenvalue weighted by molar-refractivity contribution is 5.47. The Bertz CT molecular complexity index is 396. The highest BCUT2D eigenvalue weighted by atomic mass is 19.1. The van der Waals surface area contributed by atoms with Crippen molar-refractivity contribution in [1.82, 2.24) is 0 Å². The molecule has 3 heteroatoms. The minimum absolute atomic E-state index is 0.0190. The molecule has 0 radical (unpaired) electrons. The molecule has 16 heavy (non-hydrogen) atoms. The Hall–Kier alpha value is -1.56. The van der Waals surface area contributed by atoms with Gasteiger partial charge < -0.3 is 5.11 Å². The molecule has 0 saturated carbocycles. The molecule has 0 spiro atoms. The molecule has 2 nitrogen and oxygen atoms in total. The third kappa shape index (κ3) is 3.23. The fraction of sp³-hybridized carbons (Fsp3) is 0.462. The Morgan fingerprint density at radius 2 is 2.06 bits per heavy atom. The predicted octanol–water partition coefficient (Wildman–Crippen LogP) is 3.53. The molecule has 1 aromatic carbocycles. The lowest BCUT2D eigenvalue weighted by atomic mass is 10.0. The van der Waals surface area contributed by atoms with Gasteiger partial charge in [-0.05, 0) is 30.5 Å². The van der Waals surface area contributed by atoms with E-state index in [0.29, 0.717) is 12.0 Å². The lowest BCUT2D eigenvalue weighted by Crippen LogP contribution is -1.92. The SMILES string of the molecule is CCCCCCc1cc(F)cc(C#N)c1O. The number of halogens is 1. The zero-order chi connectivity index (χ0) is 12.0. The summed E-state index contributed by atoms with van der Waals surface area (Å²) in [6.45, 7) is 2.12. The first kappa shape index (κ1) is 12.5. The van der Waals surface area contributed by atoms with Gasteiger partial charge in [-0.15, -0.1) is 0 Å². The maximum atomic E-state index is 13.1. The van der Waals surface area contributed by atoms with Crippen LogP contribution in [0, 0.1) is 17.1 Å². The van der Waals surface area contributed by atoms with E-state index in [1.165, 1.54) is 6.07 Å². The first-order valence-electron chi connectivity index (χ1n) is 5.60. The maximum Gasteiger partial charge on any atom is 0.136 e.